The van der Waals surface area contributed by atoms with Crippen LogP contribution in [-0.2, 0) is 13.0 Å². The second-order valence-electron chi connectivity index (χ2n) is 4.85. The van der Waals surface area contributed by atoms with Gasteiger partial charge in [0.25, 0.3) is 0 Å². The fourth-order valence-corrected chi connectivity index (χ4v) is 3.02. The Morgan fingerprint density at radius 3 is 2.80 bits per heavy atom. The molecule has 20 heavy (non-hydrogen) atoms. The average molecular weight is 357 g/mol. The molecule has 0 saturated carbocycles. The van der Waals surface area contributed by atoms with Crippen molar-refractivity contribution in [3.8, 4) is 0 Å². The van der Waals surface area contributed by atoms with Gasteiger partial charge in [0.05, 0.1) is 16.4 Å². The molecule has 1 unspecified atom stereocenters. The van der Waals surface area contributed by atoms with Gasteiger partial charge >= 0.3 is 0 Å². The van der Waals surface area contributed by atoms with Gasteiger partial charge in [-0.3, -0.25) is 4.68 Å². The molecule has 0 aliphatic heterocycles. The summed E-state index contributed by atoms with van der Waals surface area (Å²) in [4.78, 5) is 0. The maximum absolute atomic E-state index is 6.38. The molecule has 0 fully saturated rings. The summed E-state index contributed by atoms with van der Waals surface area (Å²) in [5.74, 6) is 0.242. The number of rotatable bonds is 5. The number of benzene rings is 1. The largest absolute Gasteiger partial charge is 0.330 e. The third-order valence-electron chi connectivity index (χ3n) is 3.50. The second-order valence-corrected chi connectivity index (χ2v) is 6.15. The van der Waals surface area contributed by atoms with Crippen molar-refractivity contribution in [3.05, 3.63) is 50.7 Å². The van der Waals surface area contributed by atoms with Crippen LogP contribution in [0.25, 0.3) is 0 Å². The van der Waals surface area contributed by atoms with Gasteiger partial charge in [-0.2, -0.15) is 5.10 Å². The topological polar surface area (TPSA) is 43.8 Å². The third kappa shape index (κ3) is 3.25. The highest BCUT2D eigenvalue weighted by Crippen LogP contribution is 2.28. The van der Waals surface area contributed by atoms with Gasteiger partial charge in [0, 0.05) is 16.9 Å². The van der Waals surface area contributed by atoms with E-state index in [1.807, 2.05) is 23.7 Å². The standard InChI is InChI=1S/C15H19BrClN3/c1-3-20-14(15(17)10(2)19-20)8-12(9-18)11-5-4-6-13(16)7-11/h4-7,12H,3,8-9,18H2,1-2H3. The zero-order valence-corrected chi connectivity index (χ0v) is 14.1. The molecule has 0 bridgehead atoms. The van der Waals surface area contributed by atoms with Crippen molar-refractivity contribution in [3.63, 3.8) is 0 Å². The van der Waals surface area contributed by atoms with Gasteiger partial charge in [0.2, 0.25) is 0 Å². The van der Waals surface area contributed by atoms with Crippen LogP contribution < -0.4 is 5.73 Å². The molecule has 0 spiro atoms. The first-order valence-corrected chi connectivity index (χ1v) is 7.91. The summed E-state index contributed by atoms with van der Waals surface area (Å²) in [5, 5.41) is 5.23. The Hall–Kier alpha value is -0.840. The average Bonchev–Trinajstić information content (AvgIpc) is 2.71. The van der Waals surface area contributed by atoms with Crippen molar-refractivity contribution in [2.24, 2.45) is 5.73 Å². The molecule has 2 aromatic rings. The minimum absolute atomic E-state index is 0.242. The fourth-order valence-electron chi connectivity index (χ4n) is 2.40. The lowest BCUT2D eigenvalue weighted by molar-refractivity contribution is 0.583. The molecular weight excluding hydrogens is 338 g/mol. The van der Waals surface area contributed by atoms with E-state index in [1.54, 1.807) is 0 Å². The van der Waals surface area contributed by atoms with Gasteiger partial charge in [-0.05, 0) is 44.5 Å². The minimum Gasteiger partial charge on any atom is -0.330 e. The van der Waals surface area contributed by atoms with Gasteiger partial charge in [-0.25, -0.2) is 0 Å². The lowest BCUT2D eigenvalue weighted by atomic mass is 9.94. The molecule has 0 aliphatic rings. The summed E-state index contributed by atoms with van der Waals surface area (Å²) in [6.07, 6.45) is 0.806. The maximum atomic E-state index is 6.38. The SMILES string of the molecule is CCn1nc(C)c(Cl)c1CC(CN)c1cccc(Br)c1. The van der Waals surface area contributed by atoms with E-state index in [0.717, 1.165) is 33.8 Å². The van der Waals surface area contributed by atoms with Crippen LogP contribution >= 0.6 is 27.5 Å². The number of aromatic nitrogens is 2. The molecule has 0 amide bonds. The van der Waals surface area contributed by atoms with Gasteiger partial charge in [-0.1, -0.05) is 39.7 Å². The van der Waals surface area contributed by atoms with Crippen LogP contribution in [0, 0.1) is 6.92 Å². The summed E-state index contributed by atoms with van der Waals surface area (Å²) < 4.78 is 3.04. The van der Waals surface area contributed by atoms with Crippen molar-refractivity contribution in [2.75, 3.05) is 6.54 Å². The van der Waals surface area contributed by atoms with Crippen LogP contribution in [-0.4, -0.2) is 16.3 Å². The third-order valence-corrected chi connectivity index (χ3v) is 4.48. The van der Waals surface area contributed by atoms with Crippen LogP contribution in [0.5, 0.6) is 0 Å². The molecule has 0 aliphatic carbocycles. The van der Waals surface area contributed by atoms with Crippen LogP contribution in [0.1, 0.15) is 29.8 Å². The van der Waals surface area contributed by atoms with Gasteiger partial charge < -0.3 is 5.73 Å². The van der Waals surface area contributed by atoms with E-state index in [1.165, 1.54) is 5.56 Å². The smallest absolute Gasteiger partial charge is 0.0847 e. The Balaban J connectivity index is 2.31. The highest BCUT2D eigenvalue weighted by molar-refractivity contribution is 9.10. The molecule has 108 valence electrons. The van der Waals surface area contributed by atoms with Crippen LogP contribution in [0.3, 0.4) is 0 Å². The highest BCUT2D eigenvalue weighted by atomic mass is 79.9. The molecule has 1 aromatic heterocycles. The predicted molar refractivity (Wildman–Crippen MR) is 87.3 cm³/mol. The summed E-state index contributed by atoms with van der Waals surface area (Å²) in [6.45, 7) is 5.41. The van der Waals surface area contributed by atoms with Crippen LogP contribution in [0.15, 0.2) is 28.7 Å². The van der Waals surface area contributed by atoms with Crippen LogP contribution in [0.2, 0.25) is 5.02 Å². The number of nitrogens with two attached hydrogens (primary N) is 1. The Bertz CT molecular complexity index is 595. The molecule has 3 nitrogen and oxygen atoms in total. The van der Waals surface area contributed by atoms with E-state index in [4.69, 9.17) is 17.3 Å². The molecule has 0 radical (unpaired) electrons. The van der Waals surface area contributed by atoms with Crippen molar-refractivity contribution in [1.29, 1.82) is 0 Å². The van der Waals surface area contributed by atoms with Crippen molar-refractivity contribution >= 4 is 27.5 Å². The number of hydrogen-bond donors (Lipinski definition) is 1. The lowest BCUT2D eigenvalue weighted by Crippen LogP contribution is -2.17. The number of hydrogen-bond acceptors (Lipinski definition) is 2. The zero-order valence-electron chi connectivity index (χ0n) is 11.7. The van der Waals surface area contributed by atoms with Crippen molar-refractivity contribution in [1.82, 2.24) is 9.78 Å². The fraction of sp³-hybridized carbons (Fsp3) is 0.400. The summed E-state index contributed by atoms with van der Waals surface area (Å²) in [7, 11) is 0. The molecule has 2 N–H and O–H groups in total. The van der Waals surface area contributed by atoms with E-state index < -0.39 is 0 Å². The number of nitrogens with zero attached hydrogens (tertiary/aromatic N) is 2. The second kappa shape index (κ2) is 6.74. The van der Waals surface area contributed by atoms with E-state index >= 15 is 0 Å². The van der Waals surface area contributed by atoms with Crippen molar-refractivity contribution in [2.45, 2.75) is 32.7 Å². The number of halogens is 2. The summed E-state index contributed by atoms with van der Waals surface area (Å²) >= 11 is 9.89. The first kappa shape index (κ1) is 15.5. The van der Waals surface area contributed by atoms with E-state index in [-0.39, 0.29) is 5.92 Å². The quantitative estimate of drug-likeness (QED) is 0.882. The summed E-state index contributed by atoms with van der Waals surface area (Å²) in [5.41, 5.74) is 9.14. The van der Waals surface area contributed by atoms with Gasteiger partial charge in [0.1, 0.15) is 0 Å². The Kier molecular flexibility index (Phi) is 5.24. The molecule has 1 atom stereocenters. The molecule has 1 heterocycles. The Morgan fingerprint density at radius 2 is 2.20 bits per heavy atom. The van der Waals surface area contributed by atoms with E-state index in [2.05, 4.69) is 40.1 Å². The predicted octanol–water partition coefficient (Wildman–Crippen LogP) is 3.91. The monoisotopic (exact) mass is 355 g/mol. The zero-order chi connectivity index (χ0) is 14.7. The van der Waals surface area contributed by atoms with Gasteiger partial charge in [-0.15, -0.1) is 0 Å². The van der Waals surface area contributed by atoms with Crippen molar-refractivity contribution < 1.29 is 0 Å². The van der Waals surface area contributed by atoms with E-state index in [9.17, 15) is 0 Å². The normalized spacial score (nSPS) is 12.7. The first-order chi connectivity index (χ1) is 9.56. The first-order valence-electron chi connectivity index (χ1n) is 6.74. The molecule has 1 aromatic carbocycles. The Labute approximate surface area is 133 Å². The molecule has 5 heteroatoms. The minimum atomic E-state index is 0.242. The molecule has 2 rings (SSSR count). The maximum Gasteiger partial charge on any atom is 0.0847 e. The summed E-state index contributed by atoms with van der Waals surface area (Å²) in [6, 6.07) is 8.27. The number of aryl methyl sites for hydroxylation is 2. The molecular formula is C15H19BrClN3. The van der Waals surface area contributed by atoms with Gasteiger partial charge in [0.15, 0.2) is 0 Å². The Morgan fingerprint density at radius 1 is 1.45 bits per heavy atom. The molecule has 0 saturated heterocycles. The van der Waals surface area contributed by atoms with E-state index in [0.29, 0.717) is 6.54 Å². The van der Waals surface area contributed by atoms with Crippen LogP contribution in [0.4, 0.5) is 0 Å². The highest BCUT2D eigenvalue weighted by Gasteiger charge is 2.18. The lowest BCUT2D eigenvalue weighted by Gasteiger charge is -2.16.